The third-order valence-corrected chi connectivity index (χ3v) is 8.53. The van der Waals surface area contributed by atoms with Crippen LogP contribution < -0.4 is 27.0 Å². The third kappa shape index (κ3) is 5.60. The molecule has 4 rings (SSSR count). The van der Waals surface area contributed by atoms with E-state index in [2.05, 4.69) is 26.2 Å². The maximum atomic E-state index is 14.9. The minimum absolute atomic E-state index is 0.0585. The van der Waals surface area contributed by atoms with Gasteiger partial charge in [0.25, 0.3) is 0 Å². The van der Waals surface area contributed by atoms with Gasteiger partial charge in [0.05, 0.1) is 18.2 Å². The first-order valence-corrected chi connectivity index (χ1v) is 12.7. The van der Waals surface area contributed by atoms with E-state index in [1.807, 2.05) is 0 Å². The van der Waals surface area contributed by atoms with E-state index < -0.39 is 42.2 Å². The van der Waals surface area contributed by atoms with Crippen LogP contribution in [0.2, 0.25) is 0 Å². The first kappa shape index (κ1) is 26.6. The Labute approximate surface area is 203 Å². The Morgan fingerprint density at radius 1 is 1.17 bits per heavy atom. The fourth-order valence-electron chi connectivity index (χ4n) is 6.07. The molecule has 8 nitrogen and oxygen atoms in total. The van der Waals surface area contributed by atoms with Crippen LogP contribution >= 0.6 is 0 Å². The van der Waals surface area contributed by atoms with Crippen molar-refractivity contribution in [3.05, 3.63) is 0 Å². The van der Waals surface area contributed by atoms with Crippen molar-refractivity contribution in [3.8, 4) is 0 Å². The van der Waals surface area contributed by atoms with Gasteiger partial charge in [-0.1, -0.05) is 0 Å². The van der Waals surface area contributed by atoms with Crippen molar-refractivity contribution in [3.63, 3.8) is 0 Å². The maximum Gasteiger partial charge on any atom is 0.391 e. The van der Waals surface area contributed by atoms with Crippen LogP contribution in [0.4, 0.5) is 17.6 Å². The molecule has 200 valence electrons. The van der Waals surface area contributed by atoms with E-state index in [-0.39, 0.29) is 36.7 Å². The number of rotatable bonds is 7. The number of amides is 2. The second-order valence-corrected chi connectivity index (χ2v) is 10.7. The summed E-state index contributed by atoms with van der Waals surface area (Å²) in [5.74, 6) is -2.41. The molecule has 35 heavy (non-hydrogen) atoms. The second-order valence-electron chi connectivity index (χ2n) is 10.7. The highest BCUT2D eigenvalue weighted by atomic mass is 19.4. The zero-order valence-corrected chi connectivity index (χ0v) is 20.2. The Bertz CT molecular complexity index is 780. The summed E-state index contributed by atoms with van der Waals surface area (Å²) in [6.07, 6.45) is -4.98. The molecule has 2 amide bonds. The number of nitrogens with one attached hydrogen (secondary N) is 4. The predicted molar refractivity (Wildman–Crippen MR) is 121 cm³/mol. The Morgan fingerprint density at radius 3 is 2.49 bits per heavy atom. The maximum absolute atomic E-state index is 14.9. The minimum Gasteiger partial charge on any atom is -0.358 e. The molecular formula is C23H38F4N6O2. The average molecular weight is 507 g/mol. The van der Waals surface area contributed by atoms with E-state index >= 15 is 0 Å². The van der Waals surface area contributed by atoms with E-state index in [0.717, 1.165) is 19.5 Å². The van der Waals surface area contributed by atoms with Crippen LogP contribution in [0.15, 0.2) is 0 Å². The van der Waals surface area contributed by atoms with Crippen molar-refractivity contribution in [2.75, 3.05) is 39.8 Å². The fourth-order valence-corrected chi connectivity index (χ4v) is 6.07. The Kier molecular flexibility index (Phi) is 7.94. The first-order valence-electron chi connectivity index (χ1n) is 12.7. The Hall–Kier alpha value is -1.50. The van der Waals surface area contributed by atoms with Crippen LogP contribution in [0.5, 0.6) is 0 Å². The van der Waals surface area contributed by atoms with E-state index in [4.69, 9.17) is 5.73 Å². The van der Waals surface area contributed by atoms with Crippen molar-refractivity contribution < 1.29 is 27.2 Å². The molecule has 12 heteroatoms. The van der Waals surface area contributed by atoms with Gasteiger partial charge in [-0.2, -0.15) is 13.2 Å². The van der Waals surface area contributed by atoms with Gasteiger partial charge < -0.3 is 21.7 Å². The summed E-state index contributed by atoms with van der Waals surface area (Å²) >= 11 is 0. The van der Waals surface area contributed by atoms with Crippen molar-refractivity contribution in [1.82, 2.24) is 26.2 Å². The number of carbonyl (C=O) groups excluding carboxylic acids is 2. The molecular weight excluding hydrogens is 468 g/mol. The highest BCUT2D eigenvalue weighted by Crippen LogP contribution is 2.46. The topological polar surface area (TPSA) is 112 Å². The standard InChI is InChI=1S/C23H38F4N6O2/c1-29-20(34)22(5-6-22)21(35)31-11-14-10-30-18(32-19(14)33-7-4-13(9-28)12-33)16-3-2-15(8-17(16)24)23(25,26)27/h13-19,30,32H,2-12,28H2,1H3,(H,29,34)(H,31,35). The smallest absolute Gasteiger partial charge is 0.358 e. The van der Waals surface area contributed by atoms with Gasteiger partial charge in [-0.3, -0.25) is 19.8 Å². The zero-order valence-electron chi connectivity index (χ0n) is 20.2. The molecule has 0 aromatic heterocycles. The lowest BCUT2D eigenvalue weighted by Gasteiger charge is -2.47. The summed E-state index contributed by atoms with van der Waals surface area (Å²) in [5.41, 5.74) is 4.88. The number of hydrogen-bond acceptors (Lipinski definition) is 6. The molecule has 4 fully saturated rings. The normalized spacial score (nSPS) is 37.6. The van der Waals surface area contributed by atoms with Gasteiger partial charge in [0.2, 0.25) is 11.8 Å². The number of likely N-dealkylation sites (tertiary alicyclic amines) is 1. The SMILES string of the molecule is CNC(=O)C1(C(=O)NCC2CNC(C3CCC(C(F)(F)F)CC3F)NC2N2CCC(CN)C2)CC1. The molecule has 0 spiro atoms. The first-order chi connectivity index (χ1) is 16.6. The van der Waals surface area contributed by atoms with Gasteiger partial charge in [-0.15, -0.1) is 0 Å². The van der Waals surface area contributed by atoms with Crippen LogP contribution in [0.1, 0.15) is 38.5 Å². The molecule has 6 N–H and O–H groups in total. The van der Waals surface area contributed by atoms with Gasteiger partial charge in [-0.05, 0) is 51.0 Å². The van der Waals surface area contributed by atoms with E-state index in [1.165, 1.54) is 7.05 Å². The number of hydrogen-bond donors (Lipinski definition) is 5. The summed E-state index contributed by atoms with van der Waals surface area (Å²) in [4.78, 5) is 27.2. The van der Waals surface area contributed by atoms with Gasteiger partial charge in [0.15, 0.2) is 0 Å². The van der Waals surface area contributed by atoms with Gasteiger partial charge in [0, 0.05) is 45.1 Å². The van der Waals surface area contributed by atoms with E-state index in [0.29, 0.717) is 38.4 Å². The molecule has 0 aromatic rings. The lowest BCUT2D eigenvalue weighted by Crippen LogP contribution is -2.68. The molecule has 0 radical (unpaired) electrons. The van der Waals surface area contributed by atoms with Gasteiger partial charge in [0.1, 0.15) is 11.6 Å². The Morgan fingerprint density at radius 2 is 1.91 bits per heavy atom. The fraction of sp³-hybridized carbons (Fsp3) is 0.913. The molecule has 0 aromatic carbocycles. The molecule has 2 aliphatic carbocycles. The van der Waals surface area contributed by atoms with E-state index in [9.17, 15) is 27.2 Å². The monoisotopic (exact) mass is 506 g/mol. The molecule has 2 saturated carbocycles. The Balaban J connectivity index is 1.40. The quantitative estimate of drug-likeness (QED) is 0.257. The molecule has 2 aliphatic heterocycles. The van der Waals surface area contributed by atoms with Gasteiger partial charge >= 0.3 is 6.18 Å². The molecule has 7 unspecified atom stereocenters. The van der Waals surface area contributed by atoms with Crippen molar-refractivity contribution in [1.29, 1.82) is 0 Å². The summed E-state index contributed by atoms with van der Waals surface area (Å²) in [5, 5.41) is 12.3. The number of alkyl halides is 4. The van der Waals surface area contributed by atoms with Crippen LogP contribution in [0.3, 0.4) is 0 Å². The highest BCUT2D eigenvalue weighted by Gasteiger charge is 2.56. The van der Waals surface area contributed by atoms with E-state index in [1.54, 1.807) is 0 Å². The van der Waals surface area contributed by atoms with Crippen LogP contribution in [-0.2, 0) is 9.59 Å². The largest absolute Gasteiger partial charge is 0.391 e. The summed E-state index contributed by atoms with van der Waals surface area (Å²) in [6, 6.07) is 0. The molecule has 4 aliphatic rings. The van der Waals surface area contributed by atoms with Gasteiger partial charge in [-0.25, -0.2) is 4.39 Å². The van der Waals surface area contributed by atoms with Crippen molar-refractivity contribution in [2.24, 2.45) is 34.8 Å². The lowest BCUT2D eigenvalue weighted by atomic mass is 9.78. The predicted octanol–water partition coefficient (Wildman–Crippen LogP) is 0.687. The zero-order chi connectivity index (χ0) is 25.4. The van der Waals surface area contributed by atoms with Crippen LogP contribution in [0.25, 0.3) is 0 Å². The third-order valence-electron chi connectivity index (χ3n) is 8.53. The molecule has 2 saturated heterocycles. The molecule has 7 atom stereocenters. The van der Waals surface area contributed by atoms with Crippen molar-refractivity contribution >= 4 is 11.8 Å². The van der Waals surface area contributed by atoms with Crippen LogP contribution in [-0.4, -0.2) is 81.2 Å². The number of carbonyl (C=O) groups is 2. The highest BCUT2D eigenvalue weighted by molar-refractivity contribution is 6.07. The molecule has 2 heterocycles. The summed E-state index contributed by atoms with van der Waals surface area (Å²) in [7, 11) is 1.52. The van der Waals surface area contributed by atoms with Crippen LogP contribution in [0, 0.1) is 29.1 Å². The summed E-state index contributed by atoms with van der Waals surface area (Å²) in [6.45, 7) is 2.95. The average Bonchev–Trinajstić information content (AvgIpc) is 3.51. The number of nitrogens with zero attached hydrogens (tertiary/aromatic N) is 1. The summed E-state index contributed by atoms with van der Waals surface area (Å²) < 4.78 is 54.3. The number of halogens is 4. The second kappa shape index (κ2) is 10.5. The minimum atomic E-state index is -4.37. The lowest BCUT2D eigenvalue weighted by molar-refractivity contribution is -0.191. The molecule has 0 bridgehead atoms. The van der Waals surface area contributed by atoms with Crippen molar-refractivity contribution in [2.45, 2.75) is 63.2 Å². The number of nitrogens with two attached hydrogens (primary N) is 1.